The van der Waals surface area contributed by atoms with E-state index >= 15 is 0 Å². The van der Waals surface area contributed by atoms with E-state index in [9.17, 15) is 14.4 Å². The largest absolute Gasteiger partial charge is 0.326 e. The quantitative estimate of drug-likeness (QED) is 0.586. The maximum Gasteiger partial charge on any atom is 0.326 e. The zero-order valence-corrected chi connectivity index (χ0v) is 16.1. The van der Waals surface area contributed by atoms with E-state index in [0.29, 0.717) is 5.69 Å². The van der Waals surface area contributed by atoms with E-state index in [4.69, 9.17) is 4.98 Å². The molecule has 3 N–H and O–H groups in total. The number of pyridine rings is 1. The summed E-state index contributed by atoms with van der Waals surface area (Å²) in [4.78, 5) is 44.7. The molecule has 0 aliphatic rings. The lowest BCUT2D eigenvalue weighted by molar-refractivity contribution is -0.113. The number of nitrogens with one attached hydrogen (secondary N) is 3. The Labute approximate surface area is 159 Å². The van der Waals surface area contributed by atoms with E-state index < -0.39 is 11.2 Å². The highest BCUT2D eigenvalue weighted by Gasteiger charge is 2.13. The molecular weight excluding hydrogens is 364 g/mol. The summed E-state index contributed by atoms with van der Waals surface area (Å²) in [5, 5.41) is 4.45. The molecule has 3 aromatic rings. The molecule has 3 rings (SSSR count). The number of nitrogens with zero attached hydrogens (tertiary/aromatic N) is 1. The number of para-hydroxylation sites is 1. The number of amides is 1. The Morgan fingerprint density at radius 1 is 1.22 bits per heavy atom. The Kier molecular flexibility index (Phi) is 5.46. The molecule has 1 amide bonds. The van der Waals surface area contributed by atoms with E-state index in [2.05, 4.69) is 21.4 Å². The van der Waals surface area contributed by atoms with Gasteiger partial charge in [0.1, 0.15) is 10.7 Å². The first-order valence-electron chi connectivity index (χ1n) is 8.54. The molecule has 0 atom stereocenters. The van der Waals surface area contributed by atoms with Gasteiger partial charge in [-0.15, -0.1) is 0 Å². The lowest BCUT2D eigenvalue weighted by atomic mass is 10.1. The average Bonchev–Trinajstić information content (AvgIpc) is 2.62. The van der Waals surface area contributed by atoms with Crippen molar-refractivity contribution in [3.63, 3.8) is 0 Å². The highest BCUT2D eigenvalue weighted by Crippen LogP contribution is 2.27. The minimum absolute atomic E-state index is 0.0539. The van der Waals surface area contributed by atoms with Crippen molar-refractivity contribution >= 4 is 34.3 Å². The first-order chi connectivity index (χ1) is 12.9. The van der Waals surface area contributed by atoms with Crippen molar-refractivity contribution in [2.75, 3.05) is 11.1 Å². The molecule has 0 bridgehead atoms. The third kappa shape index (κ3) is 4.11. The summed E-state index contributed by atoms with van der Waals surface area (Å²) in [6.07, 6.45) is 0.805. The topological polar surface area (TPSA) is 108 Å². The van der Waals surface area contributed by atoms with Crippen LogP contribution in [0.4, 0.5) is 5.69 Å². The van der Waals surface area contributed by atoms with Crippen LogP contribution in [0, 0.1) is 13.8 Å². The second-order valence-electron chi connectivity index (χ2n) is 6.20. The van der Waals surface area contributed by atoms with E-state index in [1.165, 1.54) is 11.8 Å². The zero-order chi connectivity index (χ0) is 19.6. The second-order valence-corrected chi connectivity index (χ2v) is 7.16. The van der Waals surface area contributed by atoms with Crippen LogP contribution in [0.1, 0.15) is 23.7 Å². The van der Waals surface area contributed by atoms with Crippen molar-refractivity contribution in [1.82, 2.24) is 15.0 Å². The van der Waals surface area contributed by atoms with Crippen LogP contribution in [-0.4, -0.2) is 26.6 Å². The summed E-state index contributed by atoms with van der Waals surface area (Å²) < 4.78 is 0. The molecule has 0 spiro atoms. The third-order valence-corrected chi connectivity index (χ3v) is 5.24. The summed E-state index contributed by atoms with van der Waals surface area (Å²) in [6.45, 7) is 5.61. The van der Waals surface area contributed by atoms with Crippen molar-refractivity contribution in [2.24, 2.45) is 0 Å². The molecule has 0 aliphatic heterocycles. The summed E-state index contributed by atoms with van der Waals surface area (Å²) in [6, 6.07) is 8.14. The van der Waals surface area contributed by atoms with Gasteiger partial charge < -0.3 is 10.3 Å². The van der Waals surface area contributed by atoms with Gasteiger partial charge >= 0.3 is 5.69 Å². The number of hydrogen-bond acceptors (Lipinski definition) is 5. The number of hydrogen-bond donors (Lipinski definition) is 3. The third-order valence-electron chi connectivity index (χ3n) is 4.20. The van der Waals surface area contributed by atoms with E-state index in [1.807, 2.05) is 32.0 Å². The minimum atomic E-state index is -0.622. The van der Waals surface area contributed by atoms with Crippen molar-refractivity contribution in [3.8, 4) is 0 Å². The highest BCUT2D eigenvalue weighted by atomic mass is 32.2. The SMILES string of the molecule is CCc1cc2cccc(C)c2nc1SCC(=O)Nc1c(C)[nH]c(=O)[nH]c1=O. The molecule has 0 fully saturated rings. The molecule has 0 aliphatic carbocycles. The first kappa shape index (κ1) is 18.9. The molecule has 2 aromatic heterocycles. The van der Waals surface area contributed by atoms with Crippen molar-refractivity contribution in [2.45, 2.75) is 32.2 Å². The van der Waals surface area contributed by atoms with Crippen LogP contribution in [0.15, 0.2) is 38.9 Å². The average molecular weight is 384 g/mol. The lowest BCUT2D eigenvalue weighted by Crippen LogP contribution is -2.29. The Morgan fingerprint density at radius 3 is 2.70 bits per heavy atom. The number of anilines is 1. The number of aryl methyl sites for hydroxylation is 3. The molecule has 8 heteroatoms. The fourth-order valence-corrected chi connectivity index (χ4v) is 3.70. The van der Waals surface area contributed by atoms with Crippen LogP contribution in [0.2, 0.25) is 0 Å². The molecule has 0 saturated carbocycles. The number of aromatic amines is 2. The van der Waals surface area contributed by atoms with Gasteiger partial charge in [0, 0.05) is 11.1 Å². The van der Waals surface area contributed by atoms with Crippen molar-refractivity contribution in [3.05, 3.63) is 61.9 Å². The first-order valence-corrected chi connectivity index (χ1v) is 9.52. The molecule has 140 valence electrons. The Morgan fingerprint density at radius 2 is 2.00 bits per heavy atom. The fourth-order valence-electron chi connectivity index (χ4n) is 2.81. The predicted octanol–water partition coefficient (Wildman–Crippen LogP) is 2.52. The van der Waals surface area contributed by atoms with Gasteiger partial charge in [-0.05, 0) is 37.5 Å². The number of carbonyl (C=O) groups is 1. The second kappa shape index (κ2) is 7.79. The van der Waals surface area contributed by atoms with Gasteiger partial charge in [-0.1, -0.05) is 36.9 Å². The van der Waals surface area contributed by atoms with Gasteiger partial charge in [0.05, 0.1) is 11.3 Å². The number of aromatic nitrogens is 3. The smallest absolute Gasteiger partial charge is 0.319 e. The van der Waals surface area contributed by atoms with Gasteiger partial charge in [0.25, 0.3) is 5.56 Å². The van der Waals surface area contributed by atoms with Gasteiger partial charge in [-0.3, -0.25) is 14.6 Å². The van der Waals surface area contributed by atoms with E-state index in [0.717, 1.165) is 33.5 Å². The maximum atomic E-state index is 12.3. The monoisotopic (exact) mass is 384 g/mol. The van der Waals surface area contributed by atoms with Crippen LogP contribution in [0.25, 0.3) is 10.9 Å². The predicted molar refractivity (Wildman–Crippen MR) is 108 cm³/mol. The molecule has 7 nitrogen and oxygen atoms in total. The fraction of sp³-hybridized carbons (Fsp3) is 0.263. The number of thioether (sulfide) groups is 1. The highest BCUT2D eigenvalue weighted by molar-refractivity contribution is 8.00. The normalized spacial score (nSPS) is 10.9. The molecule has 0 radical (unpaired) electrons. The van der Waals surface area contributed by atoms with Gasteiger partial charge in [0.15, 0.2) is 0 Å². The van der Waals surface area contributed by atoms with Crippen LogP contribution < -0.4 is 16.6 Å². The molecule has 0 saturated heterocycles. The minimum Gasteiger partial charge on any atom is -0.319 e. The maximum absolute atomic E-state index is 12.3. The summed E-state index contributed by atoms with van der Waals surface area (Å²) >= 11 is 1.33. The number of carbonyl (C=O) groups excluding carboxylic acids is 1. The van der Waals surface area contributed by atoms with E-state index in [-0.39, 0.29) is 17.3 Å². The van der Waals surface area contributed by atoms with Crippen molar-refractivity contribution in [1.29, 1.82) is 0 Å². The van der Waals surface area contributed by atoms with Crippen LogP contribution in [-0.2, 0) is 11.2 Å². The van der Waals surface area contributed by atoms with Gasteiger partial charge in [-0.25, -0.2) is 9.78 Å². The standard InChI is InChI=1S/C19H20N4O3S/c1-4-12-8-13-7-5-6-10(2)15(13)22-18(12)27-9-14(24)21-16-11(3)20-19(26)23-17(16)25/h5-8H,4,9H2,1-3H3,(H,21,24)(H2,20,23,25,26). The van der Waals surface area contributed by atoms with Crippen LogP contribution >= 0.6 is 11.8 Å². The van der Waals surface area contributed by atoms with E-state index in [1.54, 1.807) is 6.92 Å². The zero-order valence-electron chi connectivity index (χ0n) is 15.3. The molecule has 1 aromatic carbocycles. The van der Waals surface area contributed by atoms with Crippen LogP contribution in [0.3, 0.4) is 0 Å². The Bertz CT molecular complexity index is 1130. The van der Waals surface area contributed by atoms with Crippen molar-refractivity contribution < 1.29 is 4.79 Å². The molecule has 27 heavy (non-hydrogen) atoms. The molecule has 2 heterocycles. The van der Waals surface area contributed by atoms with Crippen LogP contribution in [0.5, 0.6) is 0 Å². The lowest BCUT2D eigenvalue weighted by Gasteiger charge is -2.11. The summed E-state index contributed by atoms with van der Waals surface area (Å²) in [7, 11) is 0. The summed E-state index contributed by atoms with van der Waals surface area (Å²) in [5.74, 6) is -0.232. The van der Waals surface area contributed by atoms with Gasteiger partial charge in [-0.2, -0.15) is 0 Å². The number of benzene rings is 1. The molecular formula is C19H20N4O3S. The Hall–Kier alpha value is -2.87. The number of H-pyrrole nitrogens is 2. The number of rotatable bonds is 5. The number of fused-ring (bicyclic) bond motifs is 1. The Balaban J connectivity index is 1.80. The van der Waals surface area contributed by atoms with Gasteiger partial charge in [0.2, 0.25) is 5.91 Å². The summed E-state index contributed by atoms with van der Waals surface area (Å²) in [5.41, 5.74) is 2.22. The molecule has 0 unspecified atom stereocenters.